The van der Waals surface area contributed by atoms with Crippen LogP contribution < -0.4 is 5.32 Å². The Labute approximate surface area is 172 Å². The Kier molecular flexibility index (Phi) is 6.70. The van der Waals surface area contributed by atoms with Gasteiger partial charge >= 0.3 is 0 Å². The number of sulfonamides is 1. The zero-order valence-corrected chi connectivity index (χ0v) is 17.6. The number of hydrogen-bond donors (Lipinski definition) is 1. The molecule has 0 radical (unpaired) electrons. The van der Waals surface area contributed by atoms with Crippen LogP contribution in [0.25, 0.3) is 0 Å². The Morgan fingerprint density at radius 1 is 1.21 bits per heavy atom. The molecule has 0 spiro atoms. The lowest BCUT2D eigenvalue weighted by atomic mass is 9.98. The molecule has 0 bridgehead atoms. The highest BCUT2D eigenvalue weighted by Crippen LogP contribution is 2.26. The fourth-order valence-electron chi connectivity index (χ4n) is 3.72. The number of piperidine rings is 1. The molecule has 2 aromatic rings. The van der Waals surface area contributed by atoms with Crippen LogP contribution in [0.2, 0.25) is 0 Å². The molecular weight excluding hydrogens is 391 g/mol. The van der Waals surface area contributed by atoms with Crippen molar-refractivity contribution in [3.05, 3.63) is 65.0 Å². The van der Waals surface area contributed by atoms with E-state index in [9.17, 15) is 17.6 Å². The van der Waals surface area contributed by atoms with Crippen LogP contribution >= 0.6 is 0 Å². The number of halogens is 1. The third kappa shape index (κ3) is 5.22. The van der Waals surface area contributed by atoms with Crippen LogP contribution in [-0.4, -0.2) is 31.7 Å². The summed E-state index contributed by atoms with van der Waals surface area (Å²) in [6.07, 6.45) is 2.09. The van der Waals surface area contributed by atoms with Crippen molar-refractivity contribution in [1.29, 1.82) is 0 Å². The molecule has 1 saturated heterocycles. The zero-order valence-electron chi connectivity index (χ0n) is 16.8. The minimum absolute atomic E-state index is 0.143. The molecule has 0 aromatic heterocycles. The van der Waals surface area contributed by atoms with Crippen molar-refractivity contribution < 1.29 is 17.6 Å². The van der Waals surface area contributed by atoms with Crippen molar-refractivity contribution in [1.82, 2.24) is 4.31 Å². The lowest BCUT2D eigenvalue weighted by molar-refractivity contribution is -0.120. The summed E-state index contributed by atoms with van der Waals surface area (Å²) in [4.78, 5) is 12.9. The average Bonchev–Trinajstić information content (AvgIpc) is 2.71. The van der Waals surface area contributed by atoms with Crippen molar-refractivity contribution in [3.8, 4) is 0 Å². The molecule has 1 aliphatic rings. The molecule has 1 fully saturated rings. The molecule has 29 heavy (non-hydrogen) atoms. The lowest BCUT2D eigenvalue weighted by Gasteiger charge is -2.31. The van der Waals surface area contributed by atoms with E-state index in [0.29, 0.717) is 24.9 Å². The van der Waals surface area contributed by atoms with Crippen molar-refractivity contribution in [2.75, 3.05) is 18.4 Å². The average molecular weight is 419 g/mol. The van der Waals surface area contributed by atoms with Gasteiger partial charge in [0, 0.05) is 18.8 Å². The second-order valence-electron chi connectivity index (χ2n) is 7.53. The first-order chi connectivity index (χ1) is 13.8. The van der Waals surface area contributed by atoms with Crippen LogP contribution in [0.4, 0.5) is 10.1 Å². The van der Waals surface area contributed by atoms with Crippen molar-refractivity contribution in [2.24, 2.45) is 5.92 Å². The number of amides is 1. The number of benzene rings is 2. The van der Waals surface area contributed by atoms with Crippen molar-refractivity contribution >= 4 is 21.6 Å². The number of carbonyl (C=O) groups excluding carboxylic acids is 1. The van der Waals surface area contributed by atoms with E-state index in [0.717, 1.165) is 23.2 Å². The van der Waals surface area contributed by atoms with Gasteiger partial charge in [0.1, 0.15) is 5.82 Å². The highest BCUT2D eigenvalue weighted by atomic mass is 32.2. The maximum absolute atomic E-state index is 13.1. The first-order valence-electron chi connectivity index (χ1n) is 9.91. The zero-order chi connectivity index (χ0) is 21.0. The predicted octanol–water partition coefficient (Wildman–Crippen LogP) is 3.88. The molecule has 1 atom stereocenters. The van der Waals surface area contributed by atoms with Gasteiger partial charge in [0.2, 0.25) is 15.9 Å². The quantitative estimate of drug-likeness (QED) is 0.774. The lowest BCUT2D eigenvalue weighted by Crippen LogP contribution is -2.44. The molecule has 5 nitrogen and oxygen atoms in total. The molecule has 0 saturated carbocycles. The minimum atomic E-state index is -3.58. The Morgan fingerprint density at radius 2 is 1.93 bits per heavy atom. The second-order valence-corrected chi connectivity index (χ2v) is 9.50. The Bertz CT molecular complexity index is 974. The molecule has 1 amide bonds. The van der Waals surface area contributed by atoms with Gasteiger partial charge in [0.15, 0.2) is 0 Å². The predicted molar refractivity (Wildman–Crippen MR) is 113 cm³/mol. The van der Waals surface area contributed by atoms with E-state index in [-0.39, 0.29) is 18.2 Å². The molecule has 2 aromatic carbocycles. The number of nitrogens with one attached hydrogen (secondary N) is 1. The van der Waals surface area contributed by atoms with E-state index in [2.05, 4.69) is 5.32 Å². The maximum Gasteiger partial charge on any atom is 0.228 e. The molecule has 0 aliphatic carbocycles. The smallest absolute Gasteiger partial charge is 0.228 e. The summed E-state index contributed by atoms with van der Waals surface area (Å²) in [6, 6.07) is 11.4. The summed E-state index contributed by atoms with van der Waals surface area (Å²) in [7, 11) is -3.58. The number of carbonyl (C=O) groups is 1. The monoisotopic (exact) mass is 418 g/mol. The Hall–Kier alpha value is -2.25. The van der Waals surface area contributed by atoms with Crippen LogP contribution in [0.5, 0.6) is 0 Å². The summed E-state index contributed by atoms with van der Waals surface area (Å²) < 4.78 is 40.1. The van der Waals surface area contributed by atoms with Crippen molar-refractivity contribution in [3.63, 3.8) is 0 Å². The number of aryl methyl sites for hydroxylation is 2. The van der Waals surface area contributed by atoms with E-state index in [4.69, 9.17) is 0 Å². The molecule has 1 heterocycles. The van der Waals surface area contributed by atoms with Crippen LogP contribution in [0.15, 0.2) is 42.5 Å². The van der Waals surface area contributed by atoms with Gasteiger partial charge < -0.3 is 5.32 Å². The molecule has 156 valence electrons. The van der Waals surface area contributed by atoms with Crippen LogP contribution in [0, 0.1) is 18.7 Å². The van der Waals surface area contributed by atoms with Crippen LogP contribution in [-0.2, 0) is 27.0 Å². The standard InChI is InChI=1S/C22H27FN2O3S/c1-3-18-7-4-6-16(2)21(18)24-22(26)19-8-5-13-25(14-19)29(27,28)15-17-9-11-20(23)12-10-17/h4,6-7,9-12,19H,3,5,8,13-15H2,1-2H3,(H,24,26)/t19-/m1/s1. The molecular formula is C22H27FN2O3S. The van der Waals surface area contributed by atoms with Gasteiger partial charge in [-0.05, 0) is 55.0 Å². The van der Waals surface area contributed by atoms with Gasteiger partial charge in [0.05, 0.1) is 11.7 Å². The molecule has 1 N–H and O–H groups in total. The fourth-order valence-corrected chi connectivity index (χ4v) is 5.33. The number of anilines is 1. The molecule has 3 rings (SSSR count). The number of hydrogen-bond acceptors (Lipinski definition) is 3. The third-order valence-electron chi connectivity index (χ3n) is 5.40. The molecule has 1 aliphatic heterocycles. The minimum Gasteiger partial charge on any atom is -0.325 e. The van der Waals surface area contributed by atoms with Gasteiger partial charge in [-0.1, -0.05) is 37.3 Å². The van der Waals surface area contributed by atoms with Crippen LogP contribution in [0.1, 0.15) is 36.5 Å². The van der Waals surface area contributed by atoms with Crippen molar-refractivity contribution in [2.45, 2.75) is 38.9 Å². The van der Waals surface area contributed by atoms with Gasteiger partial charge in [-0.15, -0.1) is 0 Å². The largest absolute Gasteiger partial charge is 0.325 e. The molecule has 0 unspecified atom stereocenters. The third-order valence-corrected chi connectivity index (χ3v) is 7.22. The summed E-state index contributed by atoms with van der Waals surface area (Å²) in [5.41, 5.74) is 3.42. The highest BCUT2D eigenvalue weighted by molar-refractivity contribution is 7.88. The Morgan fingerprint density at radius 3 is 2.62 bits per heavy atom. The van der Waals surface area contributed by atoms with E-state index in [1.54, 1.807) is 0 Å². The summed E-state index contributed by atoms with van der Waals surface area (Å²) >= 11 is 0. The van der Waals surface area contributed by atoms with Gasteiger partial charge in [-0.25, -0.2) is 17.1 Å². The normalized spacial score (nSPS) is 17.8. The van der Waals surface area contributed by atoms with Crippen LogP contribution in [0.3, 0.4) is 0 Å². The number of nitrogens with zero attached hydrogens (tertiary/aromatic N) is 1. The van der Waals surface area contributed by atoms with E-state index < -0.39 is 21.8 Å². The first-order valence-corrected chi connectivity index (χ1v) is 11.5. The first kappa shape index (κ1) is 21.5. The molecule has 7 heteroatoms. The van der Waals surface area contributed by atoms with Gasteiger partial charge in [0.25, 0.3) is 0 Å². The highest BCUT2D eigenvalue weighted by Gasteiger charge is 2.32. The van der Waals surface area contributed by atoms with Gasteiger partial charge in [-0.2, -0.15) is 0 Å². The second kappa shape index (κ2) is 9.05. The summed E-state index contributed by atoms with van der Waals surface area (Å²) in [5, 5.41) is 3.03. The fraction of sp³-hybridized carbons (Fsp3) is 0.409. The van der Waals surface area contributed by atoms with Gasteiger partial charge in [-0.3, -0.25) is 4.79 Å². The topological polar surface area (TPSA) is 66.5 Å². The summed E-state index contributed by atoms with van der Waals surface area (Å²) in [5.74, 6) is -1.13. The van der Waals surface area contributed by atoms with E-state index in [1.807, 2.05) is 32.0 Å². The maximum atomic E-state index is 13.1. The van der Waals surface area contributed by atoms with E-state index >= 15 is 0 Å². The summed E-state index contributed by atoms with van der Waals surface area (Å²) in [6.45, 7) is 4.56. The number of rotatable bonds is 6. The SMILES string of the molecule is CCc1cccc(C)c1NC(=O)[C@@H]1CCCN(S(=O)(=O)Cc2ccc(F)cc2)C1. The van der Waals surface area contributed by atoms with E-state index in [1.165, 1.54) is 28.6 Å². The Balaban J connectivity index is 1.70. The number of para-hydroxylation sites is 1.